The molecular formula is C19H24N2O. The van der Waals surface area contributed by atoms with Crippen LogP contribution >= 0.6 is 0 Å². The number of likely N-dealkylation sites (N-methyl/N-ethyl adjacent to an activating group) is 2. The molecule has 0 bridgehead atoms. The van der Waals surface area contributed by atoms with E-state index in [1.54, 1.807) is 0 Å². The van der Waals surface area contributed by atoms with E-state index in [0.29, 0.717) is 13.1 Å². The fourth-order valence-electron chi connectivity index (χ4n) is 2.47. The van der Waals surface area contributed by atoms with Gasteiger partial charge in [0.2, 0.25) is 5.91 Å². The van der Waals surface area contributed by atoms with Crippen LogP contribution in [-0.2, 0) is 11.3 Å². The molecular weight excluding hydrogens is 272 g/mol. The maximum absolute atomic E-state index is 12.6. The summed E-state index contributed by atoms with van der Waals surface area (Å²) in [6.45, 7) is 6.73. The van der Waals surface area contributed by atoms with Crippen LogP contribution in [0.15, 0.2) is 60.7 Å². The number of hydrogen-bond acceptors (Lipinski definition) is 2. The van der Waals surface area contributed by atoms with Gasteiger partial charge in [0.05, 0.1) is 6.54 Å². The molecule has 0 spiro atoms. The Morgan fingerprint density at radius 3 is 2.00 bits per heavy atom. The molecule has 0 aromatic heterocycles. The van der Waals surface area contributed by atoms with E-state index >= 15 is 0 Å². The van der Waals surface area contributed by atoms with Gasteiger partial charge in [-0.1, -0.05) is 48.5 Å². The zero-order valence-corrected chi connectivity index (χ0v) is 13.4. The molecule has 0 radical (unpaired) electrons. The molecule has 0 heterocycles. The second-order valence-electron chi connectivity index (χ2n) is 5.24. The van der Waals surface area contributed by atoms with Crippen LogP contribution in [0.4, 0.5) is 5.69 Å². The molecule has 2 aromatic carbocycles. The van der Waals surface area contributed by atoms with E-state index in [2.05, 4.69) is 24.0 Å². The quantitative estimate of drug-likeness (QED) is 0.780. The van der Waals surface area contributed by atoms with Crippen molar-refractivity contribution in [2.75, 3.05) is 24.5 Å². The van der Waals surface area contributed by atoms with Crippen molar-refractivity contribution < 1.29 is 4.79 Å². The summed E-state index contributed by atoms with van der Waals surface area (Å²) in [4.78, 5) is 16.6. The number of para-hydroxylation sites is 1. The predicted octanol–water partition coefficient (Wildman–Crippen LogP) is 3.56. The normalized spacial score (nSPS) is 10.3. The molecule has 2 aromatic rings. The van der Waals surface area contributed by atoms with E-state index in [4.69, 9.17) is 0 Å². The first-order chi connectivity index (χ1) is 10.7. The Labute approximate surface area is 133 Å². The van der Waals surface area contributed by atoms with E-state index in [1.165, 1.54) is 5.56 Å². The smallest absolute Gasteiger partial charge is 0.242 e. The SMILES string of the molecule is CCN(Cc1ccccc1)C(=O)CN(CC)c1ccccc1. The summed E-state index contributed by atoms with van der Waals surface area (Å²) in [5.41, 5.74) is 2.26. The van der Waals surface area contributed by atoms with Crippen LogP contribution in [0.5, 0.6) is 0 Å². The molecule has 0 aliphatic rings. The summed E-state index contributed by atoms with van der Waals surface area (Å²) in [5.74, 6) is 0.164. The largest absolute Gasteiger partial charge is 0.362 e. The highest BCUT2D eigenvalue weighted by atomic mass is 16.2. The number of carbonyl (C=O) groups is 1. The molecule has 2 rings (SSSR count). The average Bonchev–Trinajstić information content (AvgIpc) is 2.59. The molecule has 3 heteroatoms. The molecule has 22 heavy (non-hydrogen) atoms. The van der Waals surface area contributed by atoms with Gasteiger partial charge < -0.3 is 9.80 Å². The highest BCUT2D eigenvalue weighted by molar-refractivity contribution is 5.81. The number of anilines is 1. The topological polar surface area (TPSA) is 23.6 Å². The van der Waals surface area contributed by atoms with Crippen molar-refractivity contribution in [2.24, 2.45) is 0 Å². The van der Waals surface area contributed by atoms with Gasteiger partial charge >= 0.3 is 0 Å². The van der Waals surface area contributed by atoms with Crippen LogP contribution < -0.4 is 4.90 Å². The number of carbonyl (C=O) groups excluding carboxylic acids is 1. The maximum Gasteiger partial charge on any atom is 0.242 e. The Hall–Kier alpha value is -2.29. The number of hydrogen-bond donors (Lipinski definition) is 0. The number of nitrogens with zero attached hydrogens (tertiary/aromatic N) is 2. The first-order valence-corrected chi connectivity index (χ1v) is 7.86. The Kier molecular flexibility index (Phi) is 6.01. The molecule has 0 aliphatic carbocycles. The van der Waals surface area contributed by atoms with Crippen LogP contribution in [0, 0.1) is 0 Å². The van der Waals surface area contributed by atoms with Crippen molar-refractivity contribution in [1.29, 1.82) is 0 Å². The maximum atomic E-state index is 12.6. The van der Waals surface area contributed by atoms with E-state index in [1.807, 2.05) is 60.4 Å². The number of rotatable bonds is 7. The molecule has 1 amide bonds. The summed E-state index contributed by atoms with van der Waals surface area (Å²) >= 11 is 0. The van der Waals surface area contributed by atoms with Gasteiger partial charge in [0.15, 0.2) is 0 Å². The number of amides is 1. The second kappa shape index (κ2) is 8.23. The third-order valence-electron chi connectivity index (χ3n) is 3.78. The highest BCUT2D eigenvalue weighted by Gasteiger charge is 2.16. The van der Waals surface area contributed by atoms with Gasteiger partial charge in [-0.15, -0.1) is 0 Å². The van der Waals surface area contributed by atoms with Gasteiger partial charge in [-0.3, -0.25) is 4.79 Å². The van der Waals surface area contributed by atoms with Gasteiger partial charge in [0, 0.05) is 25.3 Å². The van der Waals surface area contributed by atoms with Crippen molar-refractivity contribution in [3.63, 3.8) is 0 Å². The minimum absolute atomic E-state index is 0.164. The minimum Gasteiger partial charge on any atom is -0.362 e. The Morgan fingerprint density at radius 1 is 0.864 bits per heavy atom. The standard InChI is InChI=1S/C19H24N2O/c1-3-20(18-13-9-6-10-14-18)16-19(22)21(4-2)15-17-11-7-5-8-12-17/h5-14H,3-4,15-16H2,1-2H3. The van der Waals surface area contributed by atoms with Crippen LogP contribution in [0.25, 0.3) is 0 Å². The lowest BCUT2D eigenvalue weighted by Gasteiger charge is -2.27. The minimum atomic E-state index is 0.164. The van der Waals surface area contributed by atoms with Gasteiger partial charge in [-0.25, -0.2) is 0 Å². The molecule has 0 fully saturated rings. The first-order valence-electron chi connectivity index (χ1n) is 7.86. The van der Waals surface area contributed by atoms with Crippen molar-refractivity contribution in [2.45, 2.75) is 20.4 Å². The average molecular weight is 296 g/mol. The van der Waals surface area contributed by atoms with Crippen molar-refractivity contribution in [1.82, 2.24) is 4.90 Å². The second-order valence-corrected chi connectivity index (χ2v) is 5.24. The van der Waals surface area contributed by atoms with Crippen molar-refractivity contribution in [3.05, 3.63) is 66.2 Å². The Bertz CT molecular complexity index is 569. The summed E-state index contributed by atoms with van der Waals surface area (Å²) in [6, 6.07) is 20.2. The first kappa shape index (κ1) is 16.1. The summed E-state index contributed by atoms with van der Waals surface area (Å²) < 4.78 is 0. The molecule has 0 saturated carbocycles. The van der Waals surface area contributed by atoms with Gasteiger partial charge in [0.1, 0.15) is 0 Å². The summed E-state index contributed by atoms with van der Waals surface area (Å²) in [5, 5.41) is 0. The molecule has 0 aliphatic heterocycles. The van der Waals surface area contributed by atoms with Gasteiger partial charge in [-0.2, -0.15) is 0 Å². The molecule has 0 atom stereocenters. The molecule has 3 nitrogen and oxygen atoms in total. The van der Waals surface area contributed by atoms with Crippen molar-refractivity contribution >= 4 is 11.6 Å². The van der Waals surface area contributed by atoms with Crippen molar-refractivity contribution in [3.8, 4) is 0 Å². The fraction of sp³-hybridized carbons (Fsp3) is 0.316. The zero-order valence-electron chi connectivity index (χ0n) is 13.4. The van der Waals surface area contributed by atoms with Crippen LogP contribution in [-0.4, -0.2) is 30.4 Å². The Morgan fingerprint density at radius 2 is 1.45 bits per heavy atom. The van der Waals surface area contributed by atoms with E-state index in [9.17, 15) is 4.79 Å². The van der Waals surface area contributed by atoms with Gasteiger partial charge in [-0.05, 0) is 31.5 Å². The van der Waals surface area contributed by atoms with Crippen LogP contribution in [0.3, 0.4) is 0 Å². The lowest BCUT2D eigenvalue weighted by Crippen LogP contribution is -2.40. The molecule has 0 unspecified atom stereocenters. The summed E-state index contributed by atoms with van der Waals surface area (Å²) in [6.07, 6.45) is 0. The lowest BCUT2D eigenvalue weighted by molar-refractivity contribution is -0.130. The monoisotopic (exact) mass is 296 g/mol. The highest BCUT2D eigenvalue weighted by Crippen LogP contribution is 2.13. The van der Waals surface area contributed by atoms with Gasteiger partial charge in [0.25, 0.3) is 0 Å². The van der Waals surface area contributed by atoms with Crippen LogP contribution in [0.1, 0.15) is 19.4 Å². The summed E-state index contributed by atoms with van der Waals surface area (Å²) in [7, 11) is 0. The molecule has 0 N–H and O–H groups in total. The van der Waals surface area contributed by atoms with E-state index in [0.717, 1.165) is 18.8 Å². The van der Waals surface area contributed by atoms with Crippen LogP contribution in [0.2, 0.25) is 0 Å². The van der Waals surface area contributed by atoms with E-state index < -0.39 is 0 Å². The lowest BCUT2D eigenvalue weighted by atomic mass is 10.2. The Balaban J connectivity index is 2.02. The van der Waals surface area contributed by atoms with E-state index in [-0.39, 0.29) is 5.91 Å². The predicted molar refractivity (Wildman–Crippen MR) is 91.9 cm³/mol. The third kappa shape index (κ3) is 4.35. The number of benzene rings is 2. The fourth-order valence-corrected chi connectivity index (χ4v) is 2.47. The molecule has 0 saturated heterocycles. The third-order valence-corrected chi connectivity index (χ3v) is 3.78. The zero-order chi connectivity index (χ0) is 15.8. The molecule has 116 valence electrons.